The Morgan fingerprint density at radius 3 is 1.31 bits per heavy atom. The van der Waals surface area contributed by atoms with Crippen LogP contribution in [0.5, 0.6) is 0 Å². The van der Waals surface area contributed by atoms with Crippen molar-refractivity contribution in [3.63, 3.8) is 0 Å². The molecule has 3 aliphatic rings. The van der Waals surface area contributed by atoms with Gasteiger partial charge in [-0.2, -0.15) is 0 Å². The van der Waals surface area contributed by atoms with Crippen LogP contribution in [0.3, 0.4) is 0 Å². The van der Waals surface area contributed by atoms with Gasteiger partial charge in [-0.25, -0.2) is 0 Å². The zero-order valence-electron chi connectivity index (χ0n) is 22.7. The van der Waals surface area contributed by atoms with Gasteiger partial charge in [0.2, 0.25) is 0 Å². The average Bonchev–Trinajstić information content (AvgIpc) is 3.29. The number of thiol groups is 2. The fraction of sp³-hybridized carbons (Fsp3) is 0.351. The molecule has 0 N–H and O–H groups in total. The van der Waals surface area contributed by atoms with E-state index in [4.69, 9.17) is 25.3 Å². The van der Waals surface area contributed by atoms with Crippen LogP contribution in [0.2, 0.25) is 0 Å². The molecule has 0 radical (unpaired) electrons. The molecule has 3 aliphatic carbocycles. The third kappa shape index (κ3) is 4.21. The van der Waals surface area contributed by atoms with Crippen LogP contribution >= 0.6 is 25.3 Å². The Labute approximate surface area is 245 Å². The molecule has 0 heterocycles. The molecule has 0 atom stereocenters. The standard InChI is InChI=1S/C37H38S2/c38-27-19-21-35(31(23-27)25-11-3-1-4-12-25)37(33-17-9-7-15-29(33)30-16-8-10-18-34(30)37)36-22-20-28(39)24-32(36)26-13-5-2-6-14-26/h7-10,15-26,38-39H,1-6,11-14H2. The zero-order chi connectivity index (χ0) is 26.4. The first-order valence-electron chi connectivity index (χ1n) is 15.0. The number of rotatable bonds is 4. The van der Waals surface area contributed by atoms with Crippen LogP contribution in [0.25, 0.3) is 11.1 Å². The van der Waals surface area contributed by atoms with E-state index >= 15 is 0 Å². The number of fused-ring (bicyclic) bond motifs is 3. The molecule has 2 fully saturated rings. The molecule has 0 amide bonds. The van der Waals surface area contributed by atoms with Crippen LogP contribution in [0, 0.1) is 0 Å². The highest BCUT2D eigenvalue weighted by molar-refractivity contribution is 7.80. The van der Waals surface area contributed by atoms with Crippen LogP contribution in [0.1, 0.15) is 109 Å². The Morgan fingerprint density at radius 2 is 0.872 bits per heavy atom. The predicted molar refractivity (Wildman–Crippen MR) is 170 cm³/mol. The Hall–Kier alpha value is -2.42. The van der Waals surface area contributed by atoms with Gasteiger partial charge in [0, 0.05) is 9.79 Å². The second-order valence-electron chi connectivity index (χ2n) is 12.1. The van der Waals surface area contributed by atoms with E-state index in [0.717, 1.165) is 9.79 Å². The molecule has 39 heavy (non-hydrogen) atoms. The largest absolute Gasteiger partial charge is 0.143 e. The lowest BCUT2D eigenvalue weighted by molar-refractivity contribution is 0.434. The number of hydrogen-bond acceptors (Lipinski definition) is 2. The molecule has 0 aromatic heterocycles. The fourth-order valence-corrected chi connectivity index (χ4v) is 8.67. The van der Waals surface area contributed by atoms with Crippen molar-refractivity contribution in [1.29, 1.82) is 0 Å². The second-order valence-corrected chi connectivity index (χ2v) is 13.1. The van der Waals surface area contributed by atoms with E-state index in [9.17, 15) is 0 Å². The van der Waals surface area contributed by atoms with Crippen molar-refractivity contribution in [3.8, 4) is 11.1 Å². The molecule has 0 unspecified atom stereocenters. The summed E-state index contributed by atoms with van der Waals surface area (Å²) in [7, 11) is 0. The lowest BCUT2D eigenvalue weighted by Crippen LogP contribution is -2.32. The number of benzene rings is 4. The Bertz CT molecular complexity index is 1390. The van der Waals surface area contributed by atoms with E-state index in [1.165, 1.54) is 109 Å². The van der Waals surface area contributed by atoms with Gasteiger partial charge < -0.3 is 0 Å². The first-order valence-corrected chi connectivity index (χ1v) is 15.9. The summed E-state index contributed by atoms with van der Waals surface area (Å²) >= 11 is 9.79. The second kappa shape index (κ2) is 10.5. The summed E-state index contributed by atoms with van der Waals surface area (Å²) < 4.78 is 0. The topological polar surface area (TPSA) is 0 Å². The minimum Gasteiger partial charge on any atom is -0.143 e. The minimum atomic E-state index is -0.351. The molecular weight excluding hydrogens is 509 g/mol. The molecule has 2 heteroatoms. The van der Waals surface area contributed by atoms with Gasteiger partial charge in [-0.3, -0.25) is 0 Å². The summed E-state index contributed by atoms with van der Waals surface area (Å²) in [5.41, 5.74) is 11.2. The van der Waals surface area contributed by atoms with Crippen LogP contribution in [-0.4, -0.2) is 0 Å². The van der Waals surface area contributed by atoms with E-state index in [0.29, 0.717) is 11.8 Å². The van der Waals surface area contributed by atoms with Gasteiger partial charge in [-0.05, 0) is 106 Å². The van der Waals surface area contributed by atoms with Gasteiger partial charge in [0.25, 0.3) is 0 Å². The predicted octanol–water partition coefficient (Wildman–Crippen LogP) is 10.7. The Morgan fingerprint density at radius 1 is 0.462 bits per heavy atom. The zero-order valence-corrected chi connectivity index (χ0v) is 24.5. The SMILES string of the molecule is Sc1ccc(C2(c3ccc(S)cc3C3CCCCC3)c3ccccc3-c3ccccc32)c(C2CCCCC2)c1. The summed E-state index contributed by atoms with van der Waals surface area (Å²) in [5.74, 6) is 1.17. The highest BCUT2D eigenvalue weighted by Gasteiger charge is 2.49. The van der Waals surface area contributed by atoms with Crippen molar-refractivity contribution < 1.29 is 0 Å². The monoisotopic (exact) mass is 546 g/mol. The van der Waals surface area contributed by atoms with Gasteiger partial charge in [0.15, 0.2) is 0 Å². The minimum absolute atomic E-state index is 0.351. The third-order valence-corrected chi connectivity index (χ3v) is 10.5. The van der Waals surface area contributed by atoms with Crippen molar-refractivity contribution >= 4 is 25.3 Å². The highest BCUT2D eigenvalue weighted by Crippen LogP contribution is 2.59. The van der Waals surface area contributed by atoms with Gasteiger partial charge >= 0.3 is 0 Å². The molecule has 2 saturated carbocycles. The van der Waals surface area contributed by atoms with Gasteiger partial charge in [0.1, 0.15) is 0 Å². The summed E-state index contributed by atoms with van der Waals surface area (Å²) in [4.78, 5) is 2.15. The molecule has 4 aromatic carbocycles. The maximum Gasteiger partial charge on any atom is 0.0719 e. The maximum atomic E-state index is 4.90. The molecule has 7 rings (SSSR count). The lowest BCUT2D eigenvalue weighted by atomic mass is 9.62. The molecule has 0 bridgehead atoms. The number of hydrogen-bond donors (Lipinski definition) is 2. The Balaban J connectivity index is 1.60. The van der Waals surface area contributed by atoms with E-state index in [1.807, 2.05) is 0 Å². The van der Waals surface area contributed by atoms with Crippen molar-refractivity contribution in [2.24, 2.45) is 0 Å². The van der Waals surface area contributed by atoms with Crippen LogP contribution in [0.15, 0.2) is 94.7 Å². The van der Waals surface area contributed by atoms with Crippen molar-refractivity contribution in [2.45, 2.75) is 91.2 Å². The first kappa shape index (κ1) is 25.5. The fourth-order valence-electron chi connectivity index (χ4n) is 8.25. The van der Waals surface area contributed by atoms with Crippen molar-refractivity contribution in [1.82, 2.24) is 0 Å². The Kier molecular flexibility index (Phi) is 6.89. The normalized spacial score (nSPS) is 19.0. The van der Waals surface area contributed by atoms with Crippen molar-refractivity contribution in [2.75, 3.05) is 0 Å². The van der Waals surface area contributed by atoms with Gasteiger partial charge in [-0.1, -0.05) is 99.2 Å². The van der Waals surface area contributed by atoms with Crippen LogP contribution in [-0.2, 0) is 5.41 Å². The summed E-state index contributed by atoms with van der Waals surface area (Å²) in [5, 5.41) is 0. The van der Waals surface area contributed by atoms with E-state index < -0.39 is 0 Å². The molecule has 198 valence electrons. The summed E-state index contributed by atoms with van der Waals surface area (Å²) in [6.07, 6.45) is 13.1. The first-order chi connectivity index (χ1) is 19.2. The van der Waals surface area contributed by atoms with Gasteiger partial charge in [0.05, 0.1) is 5.41 Å². The molecule has 0 spiro atoms. The van der Waals surface area contributed by atoms with Crippen LogP contribution < -0.4 is 0 Å². The molecule has 4 aromatic rings. The summed E-state index contributed by atoms with van der Waals surface area (Å²) in [6, 6.07) is 32.6. The van der Waals surface area contributed by atoms with Gasteiger partial charge in [-0.15, -0.1) is 25.3 Å². The third-order valence-electron chi connectivity index (χ3n) is 9.92. The summed E-state index contributed by atoms with van der Waals surface area (Å²) in [6.45, 7) is 0. The molecule has 0 nitrogen and oxygen atoms in total. The lowest BCUT2D eigenvalue weighted by Gasteiger charge is -2.40. The van der Waals surface area contributed by atoms with E-state index in [2.05, 4.69) is 84.9 Å². The highest BCUT2D eigenvalue weighted by atomic mass is 32.1. The molecule has 0 aliphatic heterocycles. The van der Waals surface area contributed by atoms with Crippen molar-refractivity contribution in [3.05, 3.63) is 118 Å². The average molecular weight is 547 g/mol. The molecular formula is C37H38S2. The van der Waals surface area contributed by atoms with E-state index in [-0.39, 0.29) is 5.41 Å². The smallest absolute Gasteiger partial charge is 0.0719 e. The molecule has 0 saturated heterocycles. The van der Waals surface area contributed by atoms with E-state index in [1.54, 1.807) is 0 Å². The maximum absolute atomic E-state index is 4.90. The van der Waals surface area contributed by atoms with Crippen LogP contribution in [0.4, 0.5) is 0 Å². The quantitative estimate of drug-likeness (QED) is 0.206.